The second kappa shape index (κ2) is 9.94. The van der Waals surface area contributed by atoms with Crippen LogP contribution in [0.15, 0.2) is 97.3 Å². The van der Waals surface area contributed by atoms with Crippen LogP contribution >= 0.6 is 11.6 Å². The van der Waals surface area contributed by atoms with E-state index in [9.17, 15) is 18.0 Å². The van der Waals surface area contributed by atoms with Crippen LogP contribution in [0.2, 0.25) is 5.02 Å². The lowest BCUT2D eigenvalue weighted by Crippen LogP contribution is -2.07. The Morgan fingerprint density at radius 1 is 0.946 bits per heavy atom. The Kier molecular flexibility index (Phi) is 6.54. The predicted octanol–water partition coefficient (Wildman–Crippen LogP) is 6.75. The molecule has 186 valence electrons. The molecule has 0 atom stereocenters. The van der Waals surface area contributed by atoms with E-state index in [4.69, 9.17) is 16.3 Å². The first-order valence-corrected chi connectivity index (χ1v) is 11.5. The van der Waals surface area contributed by atoms with Crippen LogP contribution in [0.4, 0.5) is 13.2 Å². The molecule has 3 aromatic carbocycles. The molecular formula is C27H18ClF3N4O2. The van der Waals surface area contributed by atoms with E-state index >= 15 is 0 Å². The Bertz CT molecular complexity index is 1530. The zero-order valence-electron chi connectivity index (χ0n) is 19.1. The number of hydrogen-bond acceptors (Lipinski definition) is 4. The van der Waals surface area contributed by atoms with Gasteiger partial charge in [-0.2, -0.15) is 23.4 Å². The molecule has 37 heavy (non-hydrogen) atoms. The number of nitrogens with zero attached hydrogens (tertiary/aromatic N) is 4. The van der Waals surface area contributed by atoms with Crippen molar-refractivity contribution in [1.29, 1.82) is 0 Å². The monoisotopic (exact) mass is 522 g/mol. The zero-order chi connectivity index (χ0) is 26.0. The van der Waals surface area contributed by atoms with Gasteiger partial charge in [0, 0.05) is 18.0 Å². The molecule has 0 bridgehead atoms. The molecule has 5 rings (SSSR count). The van der Waals surface area contributed by atoms with Crippen molar-refractivity contribution in [1.82, 2.24) is 19.6 Å². The summed E-state index contributed by atoms with van der Waals surface area (Å²) in [5.74, 6) is -0.557. The second-order valence-electron chi connectivity index (χ2n) is 8.05. The quantitative estimate of drug-likeness (QED) is 0.231. The Labute approximate surface area is 214 Å². The number of benzene rings is 3. The zero-order valence-corrected chi connectivity index (χ0v) is 19.8. The van der Waals surface area contributed by atoms with Gasteiger partial charge < -0.3 is 4.74 Å². The number of esters is 1. The SMILES string of the molecule is O=C(OCc1ccc(-n2cccn2)cc1)c1ccc(-c2cc(C(F)(F)F)nn2-c2ccccc2Cl)cc1. The van der Waals surface area contributed by atoms with Gasteiger partial charge in [-0.3, -0.25) is 0 Å². The molecule has 0 saturated heterocycles. The number of carbonyl (C=O) groups is 1. The molecule has 0 radical (unpaired) electrons. The first-order chi connectivity index (χ1) is 17.8. The van der Waals surface area contributed by atoms with Crippen molar-refractivity contribution in [2.45, 2.75) is 12.8 Å². The Hall–Kier alpha value is -4.37. The molecule has 10 heteroatoms. The average molecular weight is 523 g/mol. The van der Waals surface area contributed by atoms with E-state index in [0.717, 1.165) is 22.0 Å². The normalized spacial score (nSPS) is 11.5. The highest BCUT2D eigenvalue weighted by Gasteiger charge is 2.35. The van der Waals surface area contributed by atoms with Crippen molar-refractivity contribution in [2.24, 2.45) is 0 Å². The molecule has 6 nitrogen and oxygen atoms in total. The highest BCUT2D eigenvalue weighted by molar-refractivity contribution is 6.32. The van der Waals surface area contributed by atoms with Crippen LogP contribution in [0.1, 0.15) is 21.6 Å². The van der Waals surface area contributed by atoms with Crippen LogP contribution in [0.25, 0.3) is 22.6 Å². The van der Waals surface area contributed by atoms with Gasteiger partial charge in [0.2, 0.25) is 0 Å². The van der Waals surface area contributed by atoms with Crippen molar-refractivity contribution in [3.63, 3.8) is 0 Å². The summed E-state index contributed by atoms with van der Waals surface area (Å²) in [6, 6.07) is 22.7. The van der Waals surface area contributed by atoms with Crippen molar-refractivity contribution in [3.05, 3.63) is 119 Å². The van der Waals surface area contributed by atoms with Gasteiger partial charge in [0.1, 0.15) is 6.61 Å². The fourth-order valence-corrected chi connectivity index (χ4v) is 3.92. The summed E-state index contributed by atoms with van der Waals surface area (Å²) in [6.07, 6.45) is -1.13. The first kappa shape index (κ1) is 24.3. The van der Waals surface area contributed by atoms with Crippen molar-refractivity contribution < 1.29 is 22.7 Å². The largest absolute Gasteiger partial charge is 0.457 e. The molecule has 0 fully saturated rings. The van der Waals surface area contributed by atoms with Crippen LogP contribution in [0.5, 0.6) is 0 Å². The van der Waals surface area contributed by atoms with Crippen LogP contribution in [0, 0.1) is 0 Å². The molecule has 0 aliphatic carbocycles. The molecule has 0 aliphatic rings. The van der Waals surface area contributed by atoms with Gasteiger partial charge >= 0.3 is 12.1 Å². The maximum Gasteiger partial charge on any atom is 0.435 e. The van der Waals surface area contributed by atoms with E-state index in [0.29, 0.717) is 11.3 Å². The lowest BCUT2D eigenvalue weighted by atomic mass is 10.1. The minimum Gasteiger partial charge on any atom is -0.457 e. The fourth-order valence-electron chi connectivity index (χ4n) is 3.71. The van der Waals surface area contributed by atoms with Gasteiger partial charge in [-0.1, -0.05) is 48.0 Å². The van der Waals surface area contributed by atoms with Gasteiger partial charge in [-0.15, -0.1) is 0 Å². The summed E-state index contributed by atoms with van der Waals surface area (Å²) in [7, 11) is 0. The summed E-state index contributed by atoms with van der Waals surface area (Å²) < 4.78 is 48.5. The van der Waals surface area contributed by atoms with E-state index in [2.05, 4.69) is 10.2 Å². The van der Waals surface area contributed by atoms with Crippen molar-refractivity contribution in [2.75, 3.05) is 0 Å². The molecule has 0 amide bonds. The van der Waals surface area contributed by atoms with Crippen molar-refractivity contribution in [3.8, 4) is 22.6 Å². The number of alkyl halides is 3. The molecule has 0 aliphatic heterocycles. The summed E-state index contributed by atoms with van der Waals surface area (Å²) in [6.45, 7) is 0.0637. The molecular weight excluding hydrogens is 505 g/mol. The minimum atomic E-state index is -4.64. The molecule has 0 spiro atoms. The fraction of sp³-hybridized carbons (Fsp3) is 0.0741. The number of para-hydroxylation sites is 1. The predicted molar refractivity (Wildman–Crippen MR) is 132 cm³/mol. The van der Waals surface area contributed by atoms with Gasteiger partial charge in [0.25, 0.3) is 0 Å². The second-order valence-corrected chi connectivity index (χ2v) is 8.45. The highest BCUT2D eigenvalue weighted by Crippen LogP contribution is 2.34. The molecule has 2 aromatic heterocycles. The standard InChI is InChI=1S/C27H18ClF3N4O2/c28-22-4-1-2-5-23(22)35-24(16-25(33-35)27(29,30)31)19-8-10-20(11-9-19)26(36)37-17-18-6-12-21(13-7-18)34-15-3-14-32-34/h1-16H,17H2. The van der Waals surface area contributed by atoms with E-state index in [1.165, 1.54) is 12.1 Å². The Balaban J connectivity index is 1.33. The Morgan fingerprint density at radius 3 is 2.32 bits per heavy atom. The number of ether oxygens (including phenoxy) is 1. The summed E-state index contributed by atoms with van der Waals surface area (Å²) in [4.78, 5) is 12.6. The van der Waals surface area contributed by atoms with Gasteiger partial charge in [0.15, 0.2) is 5.69 Å². The average Bonchev–Trinajstić information content (AvgIpc) is 3.59. The number of hydrogen-bond donors (Lipinski definition) is 0. The number of aromatic nitrogens is 4. The Morgan fingerprint density at radius 2 is 1.68 bits per heavy atom. The number of halogens is 4. The third kappa shape index (κ3) is 5.26. The minimum absolute atomic E-state index is 0.0637. The topological polar surface area (TPSA) is 61.9 Å². The van der Waals surface area contributed by atoms with Crippen molar-refractivity contribution >= 4 is 17.6 Å². The molecule has 5 aromatic rings. The maximum absolute atomic E-state index is 13.4. The van der Waals surface area contributed by atoms with E-state index in [-0.39, 0.29) is 22.9 Å². The van der Waals surface area contributed by atoms with Crippen LogP contribution < -0.4 is 0 Å². The molecule has 0 unspecified atom stereocenters. The molecule has 2 heterocycles. The van der Waals surface area contributed by atoms with Crippen LogP contribution in [0.3, 0.4) is 0 Å². The summed E-state index contributed by atoms with van der Waals surface area (Å²) in [5, 5.41) is 8.15. The van der Waals surface area contributed by atoms with Gasteiger partial charge in [-0.25, -0.2) is 14.2 Å². The first-order valence-electron chi connectivity index (χ1n) is 11.1. The summed E-state index contributed by atoms with van der Waals surface area (Å²) in [5.41, 5.74) is 1.79. The molecule has 0 N–H and O–H groups in total. The number of rotatable bonds is 6. The highest BCUT2D eigenvalue weighted by atomic mass is 35.5. The third-order valence-corrected chi connectivity index (χ3v) is 5.89. The van der Waals surface area contributed by atoms with Gasteiger partial charge in [-0.05, 0) is 54.1 Å². The molecule has 0 saturated carbocycles. The maximum atomic E-state index is 13.4. The van der Waals surface area contributed by atoms with E-state index < -0.39 is 17.8 Å². The number of carbonyl (C=O) groups excluding carboxylic acids is 1. The lowest BCUT2D eigenvalue weighted by Gasteiger charge is -2.10. The lowest BCUT2D eigenvalue weighted by molar-refractivity contribution is -0.141. The smallest absolute Gasteiger partial charge is 0.435 e. The van der Waals surface area contributed by atoms with Crippen LogP contribution in [-0.4, -0.2) is 25.5 Å². The summed E-state index contributed by atoms with van der Waals surface area (Å²) >= 11 is 6.22. The van der Waals surface area contributed by atoms with E-state index in [1.807, 2.05) is 36.5 Å². The van der Waals surface area contributed by atoms with Crippen LogP contribution in [-0.2, 0) is 17.5 Å². The third-order valence-electron chi connectivity index (χ3n) is 5.57. The van der Waals surface area contributed by atoms with Gasteiger partial charge in [0.05, 0.1) is 27.7 Å². The van der Waals surface area contributed by atoms with E-state index in [1.54, 1.807) is 47.3 Å².